The van der Waals surface area contributed by atoms with Gasteiger partial charge in [-0.3, -0.25) is 4.79 Å². The molecule has 0 radical (unpaired) electrons. The number of nitrogens with zero attached hydrogens (tertiary/aromatic N) is 3. The molecule has 0 unspecified atom stereocenters. The number of carbonyl (C=O) groups is 1. The number of carboxylic acids is 1. The maximum atomic E-state index is 10.6. The monoisotopic (exact) mass is 259 g/mol. The highest BCUT2D eigenvalue weighted by Gasteiger charge is 2.29. The third-order valence-corrected chi connectivity index (χ3v) is 3.47. The predicted molar refractivity (Wildman–Crippen MR) is 71.1 cm³/mol. The van der Waals surface area contributed by atoms with Gasteiger partial charge in [-0.05, 0) is 37.8 Å². The minimum absolute atomic E-state index is 0.190. The number of carboxylic acid groups (broad SMARTS) is 1. The number of pyridine rings is 1. The van der Waals surface area contributed by atoms with Crippen LogP contribution in [0.1, 0.15) is 43.0 Å². The average Bonchev–Trinajstić information content (AvgIpc) is 3.13. The Labute approximate surface area is 111 Å². The zero-order valence-electron chi connectivity index (χ0n) is 11.0. The lowest BCUT2D eigenvalue weighted by Crippen LogP contribution is -2.06. The fourth-order valence-corrected chi connectivity index (χ4v) is 2.39. The Hall–Kier alpha value is -1.91. The summed E-state index contributed by atoms with van der Waals surface area (Å²) in [5.74, 6) is 0.874. The molecule has 2 aromatic rings. The van der Waals surface area contributed by atoms with Gasteiger partial charge in [-0.15, -0.1) is 0 Å². The molecule has 1 N–H and O–H groups in total. The van der Waals surface area contributed by atoms with Crippen LogP contribution in [0.2, 0.25) is 0 Å². The van der Waals surface area contributed by atoms with Gasteiger partial charge in [-0.1, -0.05) is 0 Å². The molecule has 2 heterocycles. The van der Waals surface area contributed by atoms with Gasteiger partial charge in [0.25, 0.3) is 0 Å². The van der Waals surface area contributed by atoms with E-state index >= 15 is 0 Å². The van der Waals surface area contributed by atoms with Crippen molar-refractivity contribution < 1.29 is 9.90 Å². The SMILES string of the molecule is Cc1cnc2c(c1)nc(C1CC1)n2CCCC(=O)O. The van der Waals surface area contributed by atoms with E-state index in [0.29, 0.717) is 18.9 Å². The topological polar surface area (TPSA) is 68.0 Å². The molecule has 0 aliphatic heterocycles. The average molecular weight is 259 g/mol. The molecule has 1 fully saturated rings. The van der Waals surface area contributed by atoms with Crippen molar-refractivity contribution in [3.8, 4) is 0 Å². The van der Waals surface area contributed by atoms with E-state index in [4.69, 9.17) is 5.11 Å². The first-order valence-electron chi connectivity index (χ1n) is 6.69. The zero-order chi connectivity index (χ0) is 13.4. The lowest BCUT2D eigenvalue weighted by molar-refractivity contribution is -0.137. The number of rotatable bonds is 5. The molecule has 0 atom stereocenters. The van der Waals surface area contributed by atoms with Crippen LogP contribution in [0.15, 0.2) is 12.3 Å². The summed E-state index contributed by atoms with van der Waals surface area (Å²) in [6, 6.07) is 2.04. The van der Waals surface area contributed by atoms with E-state index in [2.05, 4.69) is 14.5 Å². The van der Waals surface area contributed by atoms with Gasteiger partial charge in [0.15, 0.2) is 5.65 Å². The van der Waals surface area contributed by atoms with Gasteiger partial charge in [0.1, 0.15) is 11.3 Å². The Bertz CT molecular complexity index is 629. The molecule has 5 nitrogen and oxygen atoms in total. The van der Waals surface area contributed by atoms with Crippen LogP contribution in [-0.4, -0.2) is 25.6 Å². The Morgan fingerprint density at radius 3 is 3.00 bits per heavy atom. The van der Waals surface area contributed by atoms with Crippen molar-refractivity contribution in [1.82, 2.24) is 14.5 Å². The van der Waals surface area contributed by atoms with E-state index in [-0.39, 0.29) is 6.42 Å². The Morgan fingerprint density at radius 2 is 2.32 bits per heavy atom. The highest BCUT2D eigenvalue weighted by atomic mass is 16.4. The third kappa shape index (κ3) is 2.45. The van der Waals surface area contributed by atoms with Crippen molar-refractivity contribution in [2.45, 2.75) is 45.1 Å². The quantitative estimate of drug-likeness (QED) is 0.895. The molecule has 1 aliphatic carbocycles. The van der Waals surface area contributed by atoms with Crippen LogP contribution in [0.4, 0.5) is 0 Å². The highest BCUT2D eigenvalue weighted by Crippen LogP contribution is 2.40. The summed E-state index contributed by atoms with van der Waals surface area (Å²) >= 11 is 0. The summed E-state index contributed by atoms with van der Waals surface area (Å²) in [5.41, 5.74) is 2.92. The smallest absolute Gasteiger partial charge is 0.303 e. The molecule has 0 spiro atoms. The van der Waals surface area contributed by atoms with E-state index in [0.717, 1.165) is 22.6 Å². The van der Waals surface area contributed by atoms with Crippen molar-refractivity contribution in [3.05, 3.63) is 23.7 Å². The second kappa shape index (κ2) is 4.64. The first kappa shape index (κ1) is 12.1. The molecule has 100 valence electrons. The fourth-order valence-electron chi connectivity index (χ4n) is 2.39. The molecular weight excluding hydrogens is 242 g/mol. The molecule has 2 aromatic heterocycles. The zero-order valence-corrected chi connectivity index (χ0v) is 11.0. The van der Waals surface area contributed by atoms with Gasteiger partial charge in [-0.2, -0.15) is 0 Å². The Morgan fingerprint density at radius 1 is 1.53 bits per heavy atom. The van der Waals surface area contributed by atoms with Gasteiger partial charge in [-0.25, -0.2) is 9.97 Å². The lowest BCUT2D eigenvalue weighted by Gasteiger charge is -2.06. The number of fused-ring (bicyclic) bond motifs is 1. The molecule has 0 bridgehead atoms. The molecule has 19 heavy (non-hydrogen) atoms. The van der Waals surface area contributed by atoms with Crippen LogP contribution < -0.4 is 0 Å². The second-order valence-electron chi connectivity index (χ2n) is 5.25. The summed E-state index contributed by atoms with van der Waals surface area (Å²) in [5, 5.41) is 8.74. The minimum Gasteiger partial charge on any atom is -0.481 e. The summed E-state index contributed by atoms with van der Waals surface area (Å²) in [6.07, 6.45) is 5.02. The molecule has 0 saturated heterocycles. The number of aryl methyl sites for hydroxylation is 2. The molecule has 5 heteroatoms. The van der Waals surface area contributed by atoms with E-state index < -0.39 is 5.97 Å². The molecule has 3 rings (SSSR count). The number of imidazole rings is 1. The molecule has 0 aromatic carbocycles. The summed E-state index contributed by atoms with van der Waals surface area (Å²) in [7, 11) is 0. The van der Waals surface area contributed by atoms with Crippen molar-refractivity contribution in [2.75, 3.05) is 0 Å². The lowest BCUT2D eigenvalue weighted by atomic mass is 10.3. The number of hydrogen-bond donors (Lipinski definition) is 1. The molecular formula is C14H17N3O2. The van der Waals surface area contributed by atoms with Crippen molar-refractivity contribution in [1.29, 1.82) is 0 Å². The standard InChI is InChI=1S/C14H17N3O2/c1-9-7-11-14(15-8-9)17(6-2-3-12(18)19)13(16-11)10-4-5-10/h7-8,10H,2-6H2,1H3,(H,18,19). The fraction of sp³-hybridized carbons (Fsp3) is 0.500. The van der Waals surface area contributed by atoms with Crippen molar-refractivity contribution in [3.63, 3.8) is 0 Å². The van der Waals surface area contributed by atoms with Gasteiger partial charge < -0.3 is 9.67 Å². The van der Waals surface area contributed by atoms with Crippen LogP contribution in [-0.2, 0) is 11.3 Å². The first-order valence-corrected chi connectivity index (χ1v) is 6.69. The van der Waals surface area contributed by atoms with Gasteiger partial charge in [0.2, 0.25) is 0 Å². The maximum Gasteiger partial charge on any atom is 0.303 e. The molecule has 1 aliphatic rings. The van der Waals surface area contributed by atoms with Crippen molar-refractivity contribution in [2.24, 2.45) is 0 Å². The summed E-state index contributed by atoms with van der Waals surface area (Å²) in [4.78, 5) is 19.8. The van der Waals surface area contributed by atoms with Crippen LogP contribution >= 0.6 is 0 Å². The van der Waals surface area contributed by atoms with E-state index in [1.807, 2.05) is 19.2 Å². The number of aliphatic carboxylic acids is 1. The number of aromatic nitrogens is 3. The van der Waals surface area contributed by atoms with E-state index in [9.17, 15) is 4.79 Å². The van der Waals surface area contributed by atoms with Crippen LogP contribution in [0.25, 0.3) is 11.2 Å². The van der Waals surface area contributed by atoms with Gasteiger partial charge in [0.05, 0.1) is 0 Å². The van der Waals surface area contributed by atoms with Gasteiger partial charge in [0, 0.05) is 25.1 Å². The summed E-state index contributed by atoms with van der Waals surface area (Å²) in [6.45, 7) is 2.69. The van der Waals surface area contributed by atoms with E-state index in [1.54, 1.807) is 0 Å². The largest absolute Gasteiger partial charge is 0.481 e. The van der Waals surface area contributed by atoms with Crippen molar-refractivity contribution >= 4 is 17.1 Å². The van der Waals surface area contributed by atoms with Gasteiger partial charge >= 0.3 is 5.97 Å². The normalized spacial score (nSPS) is 15.0. The number of hydrogen-bond acceptors (Lipinski definition) is 3. The van der Waals surface area contributed by atoms with E-state index in [1.165, 1.54) is 12.8 Å². The summed E-state index contributed by atoms with van der Waals surface area (Å²) < 4.78 is 2.11. The first-order chi connectivity index (χ1) is 9.15. The van der Waals surface area contributed by atoms with Crippen LogP contribution in [0.3, 0.4) is 0 Å². The Balaban J connectivity index is 1.94. The second-order valence-corrected chi connectivity index (χ2v) is 5.25. The predicted octanol–water partition coefficient (Wildman–Crippen LogP) is 2.48. The highest BCUT2D eigenvalue weighted by molar-refractivity contribution is 5.72. The maximum absolute atomic E-state index is 10.6. The Kier molecular flexibility index (Phi) is 2.97. The van der Waals surface area contributed by atoms with Crippen LogP contribution in [0.5, 0.6) is 0 Å². The third-order valence-electron chi connectivity index (χ3n) is 3.47. The molecule has 1 saturated carbocycles. The minimum atomic E-state index is -0.749. The van der Waals surface area contributed by atoms with Crippen LogP contribution in [0, 0.1) is 6.92 Å². The molecule has 0 amide bonds.